The zero-order valence-electron chi connectivity index (χ0n) is 17.8. The minimum absolute atomic E-state index is 0.246. The number of para-hydroxylation sites is 1. The van der Waals surface area contributed by atoms with Crippen LogP contribution in [0, 0.1) is 0 Å². The number of ether oxygens (including phenoxy) is 3. The van der Waals surface area contributed by atoms with Gasteiger partial charge < -0.3 is 19.1 Å². The Labute approximate surface area is 176 Å². The van der Waals surface area contributed by atoms with Gasteiger partial charge in [0.15, 0.2) is 11.5 Å². The van der Waals surface area contributed by atoms with Gasteiger partial charge in [0.1, 0.15) is 0 Å². The second kappa shape index (κ2) is 8.86. The Morgan fingerprint density at radius 1 is 1.00 bits per heavy atom. The minimum atomic E-state index is -0.559. The molecule has 0 unspecified atom stereocenters. The Balaban J connectivity index is 2.14. The first-order valence-electron chi connectivity index (χ1n) is 9.55. The molecule has 1 aliphatic heterocycles. The first-order valence-corrected chi connectivity index (χ1v) is 9.55. The monoisotopic (exact) mass is 407 g/mol. The van der Waals surface area contributed by atoms with Gasteiger partial charge in [0, 0.05) is 11.3 Å². The normalized spacial score (nSPS) is 16.1. The molecule has 1 aliphatic rings. The fourth-order valence-electron chi connectivity index (χ4n) is 3.73. The Morgan fingerprint density at radius 3 is 2.30 bits per heavy atom. The summed E-state index contributed by atoms with van der Waals surface area (Å²) in [4.78, 5) is 27.7. The fraction of sp³-hybridized carbons (Fsp3) is 0.250. The second-order valence-corrected chi connectivity index (χ2v) is 6.85. The average molecular weight is 407 g/mol. The van der Waals surface area contributed by atoms with Crippen LogP contribution < -0.4 is 9.47 Å². The van der Waals surface area contributed by atoms with Crippen LogP contribution in [0.3, 0.4) is 0 Å². The molecule has 2 aromatic rings. The summed E-state index contributed by atoms with van der Waals surface area (Å²) < 4.78 is 15.8. The number of carbonyl (C=O) groups is 2. The van der Waals surface area contributed by atoms with E-state index in [-0.39, 0.29) is 23.1 Å². The largest absolute Gasteiger partial charge is 0.493 e. The molecule has 0 aromatic heterocycles. The van der Waals surface area contributed by atoms with E-state index in [1.807, 2.05) is 37.3 Å². The number of amides is 1. The molecule has 0 saturated carbocycles. The molecule has 0 N–H and O–H groups in total. The molecular formula is C24H25NO5. The number of methoxy groups -OCH3 is 3. The first-order chi connectivity index (χ1) is 14.4. The van der Waals surface area contributed by atoms with Crippen LogP contribution in [0.4, 0.5) is 0 Å². The van der Waals surface area contributed by atoms with E-state index < -0.39 is 5.97 Å². The van der Waals surface area contributed by atoms with Gasteiger partial charge in [-0.15, -0.1) is 0 Å². The molecule has 0 radical (unpaired) electrons. The van der Waals surface area contributed by atoms with Crippen molar-refractivity contribution in [2.24, 2.45) is 0 Å². The number of allylic oxidation sites excluding steroid dienone is 1. The van der Waals surface area contributed by atoms with Crippen molar-refractivity contribution in [3.63, 3.8) is 0 Å². The van der Waals surface area contributed by atoms with Gasteiger partial charge >= 0.3 is 5.97 Å². The Kier molecular flexibility index (Phi) is 6.26. The van der Waals surface area contributed by atoms with E-state index in [0.717, 1.165) is 5.56 Å². The predicted molar refractivity (Wildman–Crippen MR) is 114 cm³/mol. The molecule has 156 valence electrons. The number of hydrogen-bond donors (Lipinski definition) is 0. The minimum Gasteiger partial charge on any atom is -0.493 e. The zero-order valence-corrected chi connectivity index (χ0v) is 17.8. The van der Waals surface area contributed by atoms with Crippen LogP contribution in [-0.4, -0.2) is 38.1 Å². The summed E-state index contributed by atoms with van der Waals surface area (Å²) in [6.45, 7) is 3.69. The quantitative estimate of drug-likeness (QED) is 0.532. The molecule has 6 nitrogen and oxygen atoms in total. The standard InChI is InChI=1S/C24H25NO5/c1-15(17-10-7-6-8-11-17)25-16(2)21(24(27)30-5)19(23(25)26)14-18-12-9-13-20(28-3)22(18)29-4/h6-15H,1-5H3/b19-14-/t15-/m0/s1. The van der Waals surface area contributed by atoms with Gasteiger partial charge in [-0.25, -0.2) is 4.79 Å². The fourth-order valence-corrected chi connectivity index (χ4v) is 3.73. The molecule has 30 heavy (non-hydrogen) atoms. The Hall–Kier alpha value is -3.54. The van der Waals surface area contributed by atoms with E-state index in [0.29, 0.717) is 22.8 Å². The zero-order chi connectivity index (χ0) is 21.8. The maximum atomic E-state index is 13.5. The topological polar surface area (TPSA) is 65.1 Å². The van der Waals surface area contributed by atoms with Gasteiger partial charge in [0.25, 0.3) is 5.91 Å². The summed E-state index contributed by atoms with van der Waals surface area (Å²) in [5.41, 5.74) is 2.65. The van der Waals surface area contributed by atoms with Crippen molar-refractivity contribution in [1.82, 2.24) is 4.90 Å². The third-order valence-electron chi connectivity index (χ3n) is 5.23. The molecule has 0 spiro atoms. The van der Waals surface area contributed by atoms with Crippen molar-refractivity contribution >= 4 is 18.0 Å². The number of benzene rings is 2. The predicted octanol–water partition coefficient (Wildman–Crippen LogP) is 4.14. The maximum absolute atomic E-state index is 13.5. The number of nitrogens with zero attached hydrogens (tertiary/aromatic N) is 1. The van der Waals surface area contributed by atoms with Crippen molar-refractivity contribution in [3.8, 4) is 11.5 Å². The molecule has 0 bridgehead atoms. The van der Waals surface area contributed by atoms with E-state index in [4.69, 9.17) is 14.2 Å². The van der Waals surface area contributed by atoms with Crippen molar-refractivity contribution < 1.29 is 23.8 Å². The third-order valence-corrected chi connectivity index (χ3v) is 5.23. The average Bonchev–Trinajstić information content (AvgIpc) is 3.02. The van der Waals surface area contributed by atoms with Crippen LogP contribution in [0.1, 0.15) is 31.0 Å². The number of carbonyl (C=O) groups excluding carboxylic acids is 2. The van der Waals surface area contributed by atoms with Gasteiger partial charge in [0.2, 0.25) is 0 Å². The van der Waals surface area contributed by atoms with E-state index in [9.17, 15) is 9.59 Å². The van der Waals surface area contributed by atoms with E-state index in [1.165, 1.54) is 14.2 Å². The van der Waals surface area contributed by atoms with E-state index in [1.54, 1.807) is 43.2 Å². The molecule has 2 aromatic carbocycles. The lowest BCUT2D eigenvalue weighted by Gasteiger charge is -2.26. The lowest BCUT2D eigenvalue weighted by atomic mass is 10.0. The lowest BCUT2D eigenvalue weighted by Crippen LogP contribution is -2.28. The van der Waals surface area contributed by atoms with Crippen molar-refractivity contribution in [2.45, 2.75) is 19.9 Å². The smallest absolute Gasteiger partial charge is 0.340 e. The Morgan fingerprint density at radius 2 is 1.70 bits per heavy atom. The van der Waals surface area contributed by atoms with Gasteiger partial charge in [-0.3, -0.25) is 4.79 Å². The molecule has 0 aliphatic carbocycles. The van der Waals surface area contributed by atoms with E-state index >= 15 is 0 Å². The van der Waals surface area contributed by atoms with Crippen LogP contribution >= 0.6 is 0 Å². The first kappa shape index (κ1) is 21.2. The molecular weight excluding hydrogens is 382 g/mol. The molecule has 0 fully saturated rings. The summed E-state index contributed by atoms with van der Waals surface area (Å²) in [6.07, 6.45) is 1.65. The molecule has 1 heterocycles. The number of rotatable bonds is 6. The van der Waals surface area contributed by atoms with Crippen LogP contribution in [0.5, 0.6) is 11.5 Å². The molecule has 6 heteroatoms. The second-order valence-electron chi connectivity index (χ2n) is 6.85. The van der Waals surface area contributed by atoms with E-state index in [2.05, 4.69) is 0 Å². The van der Waals surface area contributed by atoms with Crippen molar-refractivity contribution in [3.05, 3.63) is 76.5 Å². The van der Waals surface area contributed by atoms with Crippen LogP contribution in [0.2, 0.25) is 0 Å². The summed E-state index contributed by atoms with van der Waals surface area (Å²) in [5, 5.41) is 0. The van der Waals surface area contributed by atoms with Crippen molar-refractivity contribution in [2.75, 3.05) is 21.3 Å². The molecule has 3 rings (SSSR count). The van der Waals surface area contributed by atoms with Gasteiger partial charge in [-0.05, 0) is 31.6 Å². The molecule has 1 amide bonds. The lowest BCUT2D eigenvalue weighted by molar-refractivity contribution is -0.136. The highest BCUT2D eigenvalue weighted by molar-refractivity contribution is 6.16. The van der Waals surface area contributed by atoms with Gasteiger partial charge in [-0.2, -0.15) is 0 Å². The van der Waals surface area contributed by atoms with Crippen LogP contribution in [0.25, 0.3) is 6.08 Å². The summed E-state index contributed by atoms with van der Waals surface area (Å²) in [5.74, 6) is 0.190. The highest BCUT2D eigenvalue weighted by atomic mass is 16.5. The molecule has 0 saturated heterocycles. The van der Waals surface area contributed by atoms with Crippen molar-refractivity contribution in [1.29, 1.82) is 0 Å². The Bertz CT molecular complexity index is 1020. The van der Waals surface area contributed by atoms with Gasteiger partial charge in [-0.1, -0.05) is 42.5 Å². The van der Waals surface area contributed by atoms with Crippen LogP contribution in [0.15, 0.2) is 65.4 Å². The highest BCUT2D eigenvalue weighted by Gasteiger charge is 2.39. The maximum Gasteiger partial charge on any atom is 0.340 e. The van der Waals surface area contributed by atoms with Crippen LogP contribution in [-0.2, 0) is 14.3 Å². The summed E-state index contributed by atoms with van der Waals surface area (Å²) in [7, 11) is 4.38. The summed E-state index contributed by atoms with van der Waals surface area (Å²) >= 11 is 0. The third kappa shape index (κ3) is 3.68. The number of esters is 1. The SMILES string of the molecule is COC(=O)C1=C(C)N([C@@H](C)c2ccccc2)C(=O)/C1=C\c1cccc(OC)c1OC. The highest BCUT2D eigenvalue weighted by Crippen LogP contribution is 2.39. The summed E-state index contributed by atoms with van der Waals surface area (Å²) in [6, 6.07) is 14.8. The van der Waals surface area contributed by atoms with Gasteiger partial charge in [0.05, 0.1) is 38.5 Å². The number of hydrogen-bond acceptors (Lipinski definition) is 5. The molecule has 1 atom stereocenters.